The van der Waals surface area contributed by atoms with Crippen LogP contribution in [0, 0.1) is 0 Å². The molecule has 0 fully saturated rings. The molecule has 0 saturated carbocycles. The van der Waals surface area contributed by atoms with E-state index in [-0.39, 0.29) is 0 Å². The number of nitrogens with zero attached hydrogens (tertiary/aromatic N) is 4. The summed E-state index contributed by atoms with van der Waals surface area (Å²) in [5, 5.41) is 7.64. The zero-order chi connectivity index (χ0) is 10.9. The van der Waals surface area contributed by atoms with E-state index < -0.39 is 0 Å². The highest BCUT2D eigenvalue weighted by Crippen LogP contribution is 2.01. The molecule has 0 bridgehead atoms. The number of unbranched alkanes of at least 4 members (excludes halogenated alkanes) is 2. The minimum atomic E-state index is 0.924. The predicted octanol–water partition coefficient (Wildman–Crippen LogP) is 2.14. The van der Waals surface area contributed by atoms with Crippen molar-refractivity contribution >= 4 is 0 Å². The lowest BCUT2D eigenvalue weighted by Gasteiger charge is -2.21. The average Bonchev–Trinajstić information content (AvgIpc) is 2.74. The Labute approximate surface area is 92.3 Å². The molecule has 1 heterocycles. The lowest BCUT2D eigenvalue weighted by molar-refractivity contribution is 0.211. The van der Waals surface area contributed by atoms with Crippen molar-refractivity contribution in [1.82, 2.24) is 19.7 Å². The van der Waals surface area contributed by atoms with Gasteiger partial charge in [-0.05, 0) is 25.9 Å². The van der Waals surface area contributed by atoms with Crippen molar-refractivity contribution in [2.45, 2.75) is 46.2 Å². The lowest BCUT2D eigenvalue weighted by Crippen LogP contribution is -2.28. The van der Waals surface area contributed by atoms with E-state index in [9.17, 15) is 0 Å². The molecule has 0 aromatic carbocycles. The Hall–Kier alpha value is -0.900. The fourth-order valence-electron chi connectivity index (χ4n) is 1.54. The first-order valence-electron chi connectivity index (χ1n) is 5.91. The largest absolute Gasteiger partial charge is 0.306 e. The van der Waals surface area contributed by atoms with Crippen LogP contribution in [0.25, 0.3) is 0 Å². The van der Waals surface area contributed by atoms with Crippen LogP contribution in [0.4, 0.5) is 0 Å². The molecular weight excluding hydrogens is 188 g/mol. The Morgan fingerprint density at radius 3 is 2.00 bits per heavy atom. The van der Waals surface area contributed by atoms with E-state index in [0.29, 0.717) is 0 Å². The molecule has 0 saturated heterocycles. The molecule has 0 atom stereocenters. The molecule has 4 heteroatoms. The molecule has 0 aliphatic rings. The van der Waals surface area contributed by atoms with Crippen LogP contribution < -0.4 is 0 Å². The second-order valence-corrected chi connectivity index (χ2v) is 3.94. The molecule has 0 radical (unpaired) electrons. The Balaban J connectivity index is 2.33. The summed E-state index contributed by atoms with van der Waals surface area (Å²) in [7, 11) is 0. The zero-order valence-corrected chi connectivity index (χ0v) is 9.89. The first-order chi connectivity index (χ1) is 7.36. The van der Waals surface area contributed by atoms with Gasteiger partial charge in [0, 0.05) is 0 Å². The zero-order valence-electron chi connectivity index (χ0n) is 9.89. The van der Waals surface area contributed by atoms with Crippen molar-refractivity contribution in [1.29, 1.82) is 0 Å². The molecule has 1 aromatic heterocycles. The first-order valence-corrected chi connectivity index (χ1v) is 5.91. The smallest absolute Gasteiger partial charge is 0.120 e. The highest BCUT2D eigenvalue weighted by atomic mass is 15.3. The Morgan fingerprint density at radius 2 is 1.53 bits per heavy atom. The highest BCUT2D eigenvalue weighted by molar-refractivity contribution is 4.62. The van der Waals surface area contributed by atoms with E-state index in [1.165, 1.54) is 38.8 Å². The maximum Gasteiger partial charge on any atom is 0.120 e. The summed E-state index contributed by atoms with van der Waals surface area (Å²) in [6.07, 6.45) is 8.61. The maximum atomic E-state index is 3.82. The standard InChI is InChI=1S/C11H22N4/c1-3-5-7-14(8-6-4-2)11-15-9-12-13-10-15/h9-10H,3-8,11H2,1-2H3. The summed E-state index contributed by atoms with van der Waals surface area (Å²) in [6, 6.07) is 0. The Kier molecular flexibility index (Phi) is 6.00. The van der Waals surface area contributed by atoms with Gasteiger partial charge in [-0.15, -0.1) is 10.2 Å². The van der Waals surface area contributed by atoms with E-state index in [0.717, 1.165) is 6.67 Å². The number of hydrogen-bond donors (Lipinski definition) is 0. The normalized spacial score (nSPS) is 11.1. The summed E-state index contributed by atoms with van der Waals surface area (Å²) >= 11 is 0. The van der Waals surface area contributed by atoms with Crippen LogP contribution in [-0.4, -0.2) is 32.8 Å². The van der Waals surface area contributed by atoms with Crippen molar-refractivity contribution in [3.63, 3.8) is 0 Å². The predicted molar refractivity (Wildman–Crippen MR) is 61.4 cm³/mol. The molecule has 4 nitrogen and oxygen atoms in total. The van der Waals surface area contributed by atoms with E-state index in [4.69, 9.17) is 0 Å². The van der Waals surface area contributed by atoms with E-state index in [2.05, 4.69) is 28.9 Å². The average molecular weight is 210 g/mol. The molecule has 0 aliphatic carbocycles. The van der Waals surface area contributed by atoms with Crippen molar-refractivity contribution in [3.05, 3.63) is 12.7 Å². The summed E-state index contributed by atoms with van der Waals surface area (Å²) in [4.78, 5) is 2.47. The molecule has 1 rings (SSSR count). The highest BCUT2D eigenvalue weighted by Gasteiger charge is 2.04. The van der Waals surface area contributed by atoms with Gasteiger partial charge in [0.05, 0.1) is 6.67 Å². The van der Waals surface area contributed by atoms with Crippen LogP contribution in [0.2, 0.25) is 0 Å². The Bertz CT molecular complexity index is 225. The van der Waals surface area contributed by atoms with Gasteiger partial charge in [0.25, 0.3) is 0 Å². The van der Waals surface area contributed by atoms with Gasteiger partial charge in [0.2, 0.25) is 0 Å². The third-order valence-corrected chi connectivity index (χ3v) is 2.49. The van der Waals surface area contributed by atoms with Crippen molar-refractivity contribution in [2.75, 3.05) is 13.1 Å². The van der Waals surface area contributed by atoms with Gasteiger partial charge in [0.15, 0.2) is 0 Å². The van der Waals surface area contributed by atoms with E-state index in [1.54, 1.807) is 12.7 Å². The van der Waals surface area contributed by atoms with Gasteiger partial charge in [0.1, 0.15) is 12.7 Å². The SMILES string of the molecule is CCCCN(CCCC)Cn1cnnc1. The minimum absolute atomic E-state index is 0.924. The van der Waals surface area contributed by atoms with Crippen LogP contribution in [0.3, 0.4) is 0 Å². The van der Waals surface area contributed by atoms with Crippen molar-refractivity contribution in [2.24, 2.45) is 0 Å². The van der Waals surface area contributed by atoms with Crippen molar-refractivity contribution in [3.8, 4) is 0 Å². The summed E-state index contributed by atoms with van der Waals surface area (Å²) in [5.41, 5.74) is 0. The van der Waals surface area contributed by atoms with Gasteiger partial charge < -0.3 is 4.57 Å². The first kappa shape index (κ1) is 12.2. The Morgan fingerprint density at radius 1 is 1.00 bits per heavy atom. The third-order valence-electron chi connectivity index (χ3n) is 2.49. The van der Waals surface area contributed by atoms with Gasteiger partial charge in [-0.2, -0.15) is 0 Å². The number of aromatic nitrogens is 3. The van der Waals surface area contributed by atoms with Crippen LogP contribution in [0.1, 0.15) is 39.5 Å². The van der Waals surface area contributed by atoms with E-state index in [1.807, 2.05) is 4.57 Å². The number of hydrogen-bond acceptors (Lipinski definition) is 3. The fraction of sp³-hybridized carbons (Fsp3) is 0.818. The summed E-state index contributed by atoms with van der Waals surface area (Å²) in [5.74, 6) is 0. The van der Waals surface area contributed by atoms with Gasteiger partial charge >= 0.3 is 0 Å². The summed E-state index contributed by atoms with van der Waals surface area (Å²) < 4.78 is 2.03. The lowest BCUT2D eigenvalue weighted by atomic mass is 10.3. The second-order valence-electron chi connectivity index (χ2n) is 3.94. The second kappa shape index (κ2) is 7.40. The van der Waals surface area contributed by atoms with Gasteiger partial charge in [-0.25, -0.2) is 0 Å². The van der Waals surface area contributed by atoms with Crippen LogP contribution in [0.5, 0.6) is 0 Å². The monoisotopic (exact) mass is 210 g/mol. The van der Waals surface area contributed by atoms with Gasteiger partial charge in [-0.1, -0.05) is 26.7 Å². The fourth-order valence-corrected chi connectivity index (χ4v) is 1.54. The minimum Gasteiger partial charge on any atom is -0.306 e. The quantitative estimate of drug-likeness (QED) is 0.659. The van der Waals surface area contributed by atoms with E-state index >= 15 is 0 Å². The molecule has 1 aromatic rings. The van der Waals surface area contributed by atoms with Crippen molar-refractivity contribution < 1.29 is 0 Å². The number of rotatable bonds is 8. The molecule has 0 spiro atoms. The molecule has 0 amide bonds. The van der Waals surface area contributed by atoms with Crippen LogP contribution >= 0.6 is 0 Å². The van der Waals surface area contributed by atoms with Gasteiger partial charge in [-0.3, -0.25) is 4.90 Å². The molecule has 86 valence electrons. The van der Waals surface area contributed by atoms with Crippen LogP contribution in [0.15, 0.2) is 12.7 Å². The third kappa shape index (κ3) is 4.93. The van der Waals surface area contributed by atoms with Crippen LogP contribution in [-0.2, 0) is 6.67 Å². The molecule has 0 unspecified atom stereocenters. The molecule has 0 aliphatic heterocycles. The summed E-state index contributed by atoms with van der Waals surface area (Å²) in [6.45, 7) is 7.74. The molecule has 15 heavy (non-hydrogen) atoms. The molecule has 0 N–H and O–H groups in total. The topological polar surface area (TPSA) is 34.0 Å². The molecular formula is C11H22N4. The maximum absolute atomic E-state index is 3.82.